The van der Waals surface area contributed by atoms with Crippen molar-refractivity contribution in [2.24, 2.45) is 5.41 Å². The zero-order valence-electron chi connectivity index (χ0n) is 22.1. The summed E-state index contributed by atoms with van der Waals surface area (Å²) < 4.78 is 5.17. The molecular formula is C27H52O9. The van der Waals surface area contributed by atoms with E-state index in [0.29, 0.717) is 12.8 Å². The molecule has 0 amide bonds. The Morgan fingerprint density at radius 3 is 1.92 bits per heavy atom. The Kier molecular flexibility index (Phi) is 21.3. The van der Waals surface area contributed by atoms with Crippen LogP contribution in [0.1, 0.15) is 96.8 Å². The highest BCUT2D eigenvalue weighted by molar-refractivity contribution is 5.77. The first-order chi connectivity index (χ1) is 17.2. The number of aliphatic hydroxyl groups is 7. The van der Waals surface area contributed by atoms with Gasteiger partial charge in [0.05, 0.1) is 43.5 Å². The molecule has 36 heavy (non-hydrogen) atoms. The number of ether oxygens (including phenoxy) is 1. The number of hydrogen-bond acceptors (Lipinski definition) is 9. The molecule has 0 aromatic heterocycles. The van der Waals surface area contributed by atoms with Crippen LogP contribution in [0.2, 0.25) is 0 Å². The van der Waals surface area contributed by atoms with Crippen LogP contribution in [0, 0.1) is 5.41 Å². The third kappa shape index (κ3) is 16.6. The molecule has 0 aliphatic carbocycles. The van der Waals surface area contributed by atoms with Crippen molar-refractivity contribution >= 4 is 5.97 Å². The number of unbranched alkanes of at least 4 members (excludes halogenated alkanes) is 7. The zero-order chi connectivity index (χ0) is 27.2. The first-order valence-corrected chi connectivity index (χ1v) is 13.6. The summed E-state index contributed by atoms with van der Waals surface area (Å²) >= 11 is 0. The predicted molar refractivity (Wildman–Crippen MR) is 138 cm³/mol. The molecule has 4 unspecified atom stereocenters. The predicted octanol–water partition coefficient (Wildman–Crippen LogP) is 1.97. The van der Waals surface area contributed by atoms with E-state index < -0.39 is 56.1 Å². The van der Waals surface area contributed by atoms with Crippen molar-refractivity contribution in [1.29, 1.82) is 0 Å². The molecule has 9 nitrogen and oxygen atoms in total. The van der Waals surface area contributed by atoms with Gasteiger partial charge in [-0.1, -0.05) is 64.0 Å². The molecule has 4 atom stereocenters. The quantitative estimate of drug-likeness (QED) is 0.0571. The van der Waals surface area contributed by atoms with E-state index in [1.807, 2.05) is 6.08 Å². The maximum Gasteiger partial charge on any atom is 0.312 e. The van der Waals surface area contributed by atoms with E-state index in [4.69, 9.17) is 9.84 Å². The Labute approximate surface area is 216 Å². The molecule has 0 saturated carbocycles. The van der Waals surface area contributed by atoms with Gasteiger partial charge in [0, 0.05) is 0 Å². The molecule has 7 N–H and O–H groups in total. The molecule has 0 fully saturated rings. The summed E-state index contributed by atoms with van der Waals surface area (Å²) in [5.74, 6) is -0.744. The van der Waals surface area contributed by atoms with Crippen molar-refractivity contribution in [3.05, 3.63) is 12.2 Å². The molecule has 0 heterocycles. The lowest BCUT2D eigenvalue weighted by Gasteiger charge is -2.34. The van der Waals surface area contributed by atoms with E-state index in [-0.39, 0.29) is 25.4 Å². The van der Waals surface area contributed by atoms with Gasteiger partial charge in [-0.15, -0.1) is 0 Å². The normalized spacial score (nSPS) is 17.0. The minimum atomic E-state index is -1.34. The first kappa shape index (κ1) is 34.9. The minimum absolute atomic E-state index is 0.155. The molecule has 214 valence electrons. The van der Waals surface area contributed by atoms with Crippen LogP contribution in [0.3, 0.4) is 0 Å². The van der Waals surface area contributed by atoms with E-state index in [2.05, 4.69) is 13.0 Å². The van der Waals surface area contributed by atoms with E-state index in [0.717, 1.165) is 38.5 Å². The number of esters is 1. The summed E-state index contributed by atoms with van der Waals surface area (Å²) in [5.41, 5.74) is -1.34. The maximum absolute atomic E-state index is 12.9. The SMILES string of the molecule is CCCCCCC(O)C/C=C\CCCCCCC(CC(O)CO)(CC(O)CO)C(=O)OCC(O)CO. The highest BCUT2D eigenvalue weighted by Gasteiger charge is 2.42. The van der Waals surface area contributed by atoms with Crippen LogP contribution >= 0.6 is 0 Å². The number of rotatable bonds is 24. The number of hydrogen-bond donors (Lipinski definition) is 7. The molecular weight excluding hydrogens is 468 g/mol. The van der Waals surface area contributed by atoms with Gasteiger partial charge in [-0.2, -0.15) is 0 Å². The van der Waals surface area contributed by atoms with Gasteiger partial charge in [0.25, 0.3) is 0 Å². The topological polar surface area (TPSA) is 168 Å². The summed E-state index contributed by atoms with van der Waals surface area (Å²) in [7, 11) is 0. The molecule has 0 aliphatic heterocycles. The second-order valence-corrected chi connectivity index (χ2v) is 9.96. The van der Waals surface area contributed by atoms with E-state index >= 15 is 0 Å². The smallest absolute Gasteiger partial charge is 0.312 e. The van der Waals surface area contributed by atoms with E-state index in [9.17, 15) is 35.4 Å². The van der Waals surface area contributed by atoms with Gasteiger partial charge >= 0.3 is 5.97 Å². The van der Waals surface area contributed by atoms with Gasteiger partial charge in [0.15, 0.2) is 0 Å². The first-order valence-electron chi connectivity index (χ1n) is 13.6. The van der Waals surface area contributed by atoms with E-state index in [1.165, 1.54) is 19.3 Å². The maximum atomic E-state index is 12.9. The third-order valence-corrected chi connectivity index (χ3v) is 6.47. The van der Waals surface area contributed by atoms with Crippen molar-refractivity contribution < 1.29 is 45.3 Å². The van der Waals surface area contributed by atoms with Crippen molar-refractivity contribution in [3.8, 4) is 0 Å². The molecule has 0 rings (SSSR count). The van der Waals surface area contributed by atoms with Crippen molar-refractivity contribution in [1.82, 2.24) is 0 Å². The summed E-state index contributed by atoms with van der Waals surface area (Å²) in [5, 5.41) is 67.3. The van der Waals surface area contributed by atoms with Gasteiger partial charge in [0.1, 0.15) is 12.7 Å². The van der Waals surface area contributed by atoms with Crippen molar-refractivity contribution in [2.75, 3.05) is 26.4 Å². The molecule has 0 saturated heterocycles. The molecule has 9 heteroatoms. The average molecular weight is 521 g/mol. The number of aliphatic hydroxyl groups excluding tert-OH is 7. The highest BCUT2D eigenvalue weighted by Crippen LogP contribution is 2.37. The fraction of sp³-hybridized carbons (Fsp3) is 0.889. The number of allylic oxidation sites excluding steroid dienone is 1. The average Bonchev–Trinajstić information content (AvgIpc) is 2.87. The summed E-state index contributed by atoms with van der Waals surface area (Å²) in [6.45, 7) is 0.0268. The Bertz CT molecular complexity index is 543. The van der Waals surface area contributed by atoms with Crippen molar-refractivity contribution in [2.45, 2.75) is 121 Å². The van der Waals surface area contributed by atoms with Crippen LogP contribution in [-0.4, -0.2) is 92.6 Å². The summed E-state index contributed by atoms with van der Waals surface area (Å²) in [6.07, 6.45) is 10.4. The van der Waals surface area contributed by atoms with Crippen LogP contribution in [0.25, 0.3) is 0 Å². The molecule has 0 radical (unpaired) electrons. The van der Waals surface area contributed by atoms with Crippen LogP contribution in [0.4, 0.5) is 0 Å². The van der Waals surface area contributed by atoms with Gasteiger partial charge in [-0.3, -0.25) is 4.79 Å². The lowest BCUT2D eigenvalue weighted by Crippen LogP contribution is -2.42. The Hall–Kier alpha value is -1.07. The number of carbonyl (C=O) groups excluding carboxylic acids is 1. The molecule has 0 spiro atoms. The fourth-order valence-corrected chi connectivity index (χ4v) is 4.34. The minimum Gasteiger partial charge on any atom is -0.462 e. The number of carbonyl (C=O) groups is 1. The second kappa shape index (κ2) is 22.0. The fourth-order valence-electron chi connectivity index (χ4n) is 4.34. The van der Waals surface area contributed by atoms with Gasteiger partial charge in [-0.05, 0) is 44.9 Å². The lowest BCUT2D eigenvalue weighted by atomic mass is 9.73. The molecule has 0 aliphatic rings. The molecule has 0 aromatic carbocycles. The summed E-state index contributed by atoms with van der Waals surface area (Å²) in [4.78, 5) is 12.9. The molecule has 0 aromatic rings. The summed E-state index contributed by atoms with van der Waals surface area (Å²) in [6, 6.07) is 0. The Morgan fingerprint density at radius 2 is 1.33 bits per heavy atom. The van der Waals surface area contributed by atoms with Crippen molar-refractivity contribution in [3.63, 3.8) is 0 Å². The van der Waals surface area contributed by atoms with Crippen LogP contribution in [0.15, 0.2) is 12.2 Å². The van der Waals surface area contributed by atoms with E-state index in [1.54, 1.807) is 0 Å². The third-order valence-electron chi connectivity index (χ3n) is 6.47. The van der Waals surface area contributed by atoms with Gasteiger partial charge in [0.2, 0.25) is 0 Å². The van der Waals surface area contributed by atoms with Gasteiger partial charge in [-0.25, -0.2) is 0 Å². The Balaban J connectivity index is 4.68. The van der Waals surface area contributed by atoms with Gasteiger partial charge < -0.3 is 40.5 Å². The Morgan fingerprint density at radius 1 is 0.750 bits per heavy atom. The molecule has 0 bridgehead atoms. The zero-order valence-corrected chi connectivity index (χ0v) is 22.1. The van der Waals surface area contributed by atoms with Crippen LogP contribution < -0.4 is 0 Å². The van der Waals surface area contributed by atoms with Crippen LogP contribution in [0.5, 0.6) is 0 Å². The van der Waals surface area contributed by atoms with Crippen LogP contribution in [-0.2, 0) is 9.53 Å². The monoisotopic (exact) mass is 520 g/mol. The largest absolute Gasteiger partial charge is 0.462 e. The second-order valence-electron chi connectivity index (χ2n) is 9.96. The lowest BCUT2D eigenvalue weighted by molar-refractivity contribution is -0.165. The highest BCUT2D eigenvalue weighted by atomic mass is 16.5. The standard InChI is InChI=1S/C27H52O9/c1-2-3-4-10-13-22(31)14-11-8-6-5-7-9-12-15-27(16-23(32)18-28,17-24(33)19-29)26(35)36-21-25(34)20-30/h8,11,22-25,28-34H,2-7,9-10,12-21H2,1H3/b11-8-.